The fraction of sp³-hybridized carbons (Fsp3) is 0.923. The molecule has 0 saturated carbocycles. The van der Waals surface area contributed by atoms with Gasteiger partial charge in [0, 0.05) is 24.3 Å². The van der Waals surface area contributed by atoms with Crippen molar-refractivity contribution >= 4 is 18.5 Å². The standard InChI is InChI=1S/C13H27NOS/c1-10(8-12(2,3)4)11(15)14(7)9-13(5,6)16/h10,16H,8-9H2,1-7H3. The number of hydrogen-bond acceptors (Lipinski definition) is 2. The summed E-state index contributed by atoms with van der Waals surface area (Å²) < 4.78 is -0.133. The van der Waals surface area contributed by atoms with E-state index in [9.17, 15) is 4.79 Å². The zero-order chi connectivity index (χ0) is 13.1. The number of carbonyl (C=O) groups excluding carboxylic acids is 1. The second-order valence-corrected chi connectivity index (χ2v) is 7.88. The molecule has 0 saturated heterocycles. The van der Waals surface area contributed by atoms with Gasteiger partial charge in [-0.1, -0.05) is 27.7 Å². The van der Waals surface area contributed by atoms with Crippen LogP contribution in [0.1, 0.15) is 48.0 Å². The molecule has 0 aliphatic heterocycles. The predicted molar refractivity (Wildman–Crippen MR) is 73.9 cm³/mol. The second kappa shape index (κ2) is 5.44. The van der Waals surface area contributed by atoms with Crippen LogP contribution < -0.4 is 0 Å². The Balaban J connectivity index is 4.34. The lowest BCUT2D eigenvalue weighted by Crippen LogP contribution is -2.40. The van der Waals surface area contributed by atoms with E-state index in [1.54, 1.807) is 4.90 Å². The minimum atomic E-state index is -0.133. The quantitative estimate of drug-likeness (QED) is 0.754. The molecule has 2 nitrogen and oxygen atoms in total. The molecule has 0 aromatic carbocycles. The second-order valence-electron chi connectivity index (χ2n) is 6.67. The lowest BCUT2D eigenvalue weighted by molar-refractivity contribution is -0.134. The molecule has 0 rings (SSSR count). The monoisotopic (exact) mass is 245 g/mol. The molecule has 0 aliphatic rings. The van der Waals surface area contributed by atoms with Gasteiger partial charge in [-0.05, 0) is 25.7 Å². The molecule has 0 aromatic heterocycles. The summed E-state index contributed by atoms with van der Waals surface area (Å²) in [5.74, 6) is 0.303. The van der Waals surface area contributed by atoms with Gasteiger partial charge in [0.2, 0.25) is 5.91 Å². The van der Waals surface area contributed by atoms with Gasteiger partial charge in [-0.15, -0.1) is 0 Å². The average Bonchev–Trinajstić information content (AvgIpc) is 1.96. The SMILES string of the molecule is CC(CC(C)(C)C)C(=O)N(C)CC(C)(C)S. The fourth-order valence-corrected chi connectivity index (χ4v) is 2.25. The summed E-state index contributed by atoms with van der Waals surface area (Å²) in [7, 11) is 1.86. The van der Waals surface area contributed by atoms with Gasteiger partial charge in [0.15, 0.2) is 0 Å². The fourth-order valence-electron chi connectivity index (χ4n) is 2.04. The number of thiol groups is 1. The zero-order valence-electron chi connectivity index (χ0n) is 11.8. The molecule has 1 atom stereocenters. The lowest BCUT2D eigenvalue weighted by Gasteiger charge is -2.30. The van der Waals surface area contributed by atoms with Crippen molar-refractivity contribution in [3.8, 4) is 0 Å². The van der Waals surface area contributed by atoms with Gasteiger partial charge in [-0.3, -0.25) is 4.79 Å². The van der Waals surface area contributed by atoms with E-state index in [4.69, 9.17) is 0 Å². The zero-order valence-corrected chi connectivity index (χ0v) is 12.7. The van der Waals surface area contributed by atoms with Gasteiger partial charge < -0.3 is 4.90 Å². The first kappa shape index (κ1) is 15.8. The highest BCUT2D eigenvalue weighted by atomic mass is 32.1. The Kier molecular flexibility index (Phi) is 5.37. The molecule has 0 aromatic rings. The van der Waals surface area contributed by atoms with E-state index < -0.39 is 0 Å². The Labute approximate surface area is 106 Å². The summed E-state index contributed by atoms with van der Waals surface area (Å²) in [5, 5.41) is 0. The van der Waals surface area contributed by atoms with Crippen molar-refractivity contribution in [2.24, 2.45) is 11.3 Å². The van der Waals surface area contributed by atoms with Crippen molar-refractivity contribution in [3.63, 3.8) is 0 Å². The largest absolute Gasteiger partial charge is 0.344 e. The molecule has 0 heterocycles. The molecule has 1 unspecified atom stereocenters. The van der Waals surface area contributed by atoms with Crippen LogP contribution in [0.25, 0.3) is 0 Å². The van der Waals surface area contributed by atoms with E-state index in [0.717, 1.165) is 6.42 Å². The number of rotatable bonds is 4. The molecular formula is C13H27NOS. The number of nitrogens with zero attached hydrogens (tertiary/aromatic N) is 1. The first-order valence-corrected chi connectivity index (χ1v) is 6.34. The highest BCUT2D eigenvalue weighted by Gasteiger charge is 2.25. The van der Waals surface area contributed by atoms with Gasteiger partial charge in [-0.25, -0.2) is 0 Å². The van der Waals surface area contributed by atoms with Crippen LogP contribution in [0.5, 0.6) is 0 Å². The van der Waals surface area contributed by atoms with Crippen molar-refractivity contribution < 1.29 is 4.79 Å². The van der Waals surface area contributed by atoms with E-state index in [-0.39, 0.29) is 22.0 Å². The van der Waals surface area contributed by atoms with E-state index in [2.05, 4.69) is 33.4 Å². The molecule has 0 fully saturated rings. The van der Waals surface area contributed by atoms with Crippen LogP contribution in [0.15, 0.2) is 0 Å². The Hall–Kier alpha value is -0.180. The van der Waals surface area contributed by atoms with Crippen LogP contribution in [0.2, 0.25) is 0 Å². The van der Waals surface area contributed by atoms with E-state index >= 15 is 0 Å². The summed E-state index contributed by atoms with van der Waals surface area (Å²) in [6.45, 7) is 13.2. The minimum absolute atomic E-state index is 0.0840. The molecular weight excluding hydrogens is 218 g/mol. The van der Waals surface area contributed by atoms with E-state index in [0.29, 0.717) is 6.54 Å². The van der Waals surface area contributed by atoms with Crippen LogP contribution >= 0.6 is 12.6 Å². The third-order valence-corrected chi connectivity index (χ3v) is 2.48. The third kappa shape index (κ3) is 7.15. The molecule has 0 bridgehead atoms. The van der Waals surface area contributed by atoms with Crippen LogP contribution in [-0.4, -0.2) is 29.1 Å². The molecule has 0 aliphatic carbocycles. The van der Waals surface area contributed by atoms with Crippen molar-refractivity contribution in [1.82, 2.24) is 4.90 Å². The smallest absolute Gasteiger partial charge is 0.225 e. The summed E-state index contributed by atoms with van der Waals surface area (Å²) >= 11 is 4.45. The Morgan fingerprint density at radius 3 is 2.00 bits per heavy atom. The maximum absolute atomic E-state index is 12.1. The minimum Gasteiger partial charge on any atom is -0.344 e. The molecule has 96 valence electrons. The van der Waals surface area contributed by atoms with Crippen molar-refractivity contribution in [1.29, 1.82) is 0 Å². The van der Waals surface area contributed by atoms with E-state index in [1.165, 1.54) is 0 Å². The van der Waals surface area contributed by atoms with Gasteiger partial charge in [0.25, 0.3) is 0 Å². The van der Waals surface area contributed by atoms with Crippen molar-refractivity contribution in [3.05, 3.63) is 0 Å². The van der Waals surface area contributed by atoms with E-state index in [1.807, 2.05) is 27.8 Å². The lowest BCUT2D eigenvalue weighted by atomic mass is 9.85. The summed E-state index contributed by atoms with van der Waals surface area (Å²) in [6, 6.07) is 0. The van der Waals surface area contributed by atoms with Crippen LogP contribution in [-0.2, 0) is 4.79 Å². The normalized spacial score (nSPS) is 14.8. The molecule has 0 radical (unpaired) electrons. The van der Waals surface area contributed by atoms with Gasteiger partial charge in [-0.2, -0.15) is 12.6 Å². The van der Waals surface area contributed by atoms with Gasteiger partial charge in [0.1, 0.15) is 0 Å². The third-order valence-electron chi connectivity index (χ3n) is 2.34. The van der Waals surface area contributed by atoms with Gasteiger partial charge >= 0.3 is 0 Å². The van der Waals surface area contributed by atoms with Crippen LogP contribution in [0, 0.1) is 11.3 Å². The summed E-state index contributed by atoms with van der Waals surface area (Å²) in [5.41, 5.74) is 0.201. The van der Waals surface area contributed by atoms with Crippen LogP contribution in [0.3, 0.4) is 0 Å². The summed E-state index contributed by atoms with van der Waals surface area (Å²) in [6.07, 6.45) is 0.920. The van der Waals surface area contributed by atoms with Crippen molar-refractivity contribution in [2.45, 2.75) is 52.7 Å². The Bertz CT molecular complexity index is 213. The first-order chi connectivity index (χ1) is 6.92. The van der Waals surface area contributed by atoms with Crippen molar-refractivity contribution in [2.75, 3.05) is 13.6 Å². The molecule has 16 heavy (non-hydrogen) atoms. The average molecular weight is 245 g/mol. The Morgan fingerprint density at radius 2 is 1.69 bits per heavy atom. The van der Waals surface area contributed by atoms with Crippen LogP contribution in [0.4, 0.5) is 0 Å². The maximum Gasteiger partial charge on any atom is 0.225 e. The van der Waals surface area contributed by atoms with Gasteiger partial charge in [0.05, 0.1) is 0 Å². The Morgan fingerprint density at radius 1 is 1.25 bits per heavy atom. The predicted octanol–water partition coefficient (Wildman–Crippen LogP) is 3.23. The molecule has 0 spiro atoms. The molecule has 3 heteroatoms. The molecule has 0 N–H and O–H groups in total. The summed E-state index contributed by atoms with van der Waals surface area (Å²) in [4.78, 5) is 13.9. The number of hydrogen-bond donors (Lipinski definition) is 1. The highest BCUT2D eigenvalue weighted by molar-refractivity contribution is 7.81. The highest BCUT2D eigenvalue weighted by Crippen LogP contribution is 2.25. The number of amides is 1. The first-order valence-electron chi connectivity index (χ1n) is 5.90. The number of carbonyl (C=O) groups is 1. The topological polar surface area (TPSA) is 20.3 Å². The maximum atomic E-state index is 12.1. The molecule has 1 amide bonds.